The third kappa shape index (κ3) is 3.44. The Morgan fingerprint density at radius 1 is 1.32 bits per heavy atom. The van der Waals surface area contributed by atoms with E-state index in [1.54, 1.807) is 13.1 Å². The van der Waals surface area contributed by atoms with Crippen molar-refractivity contribution in [1.82, 2.24) is 5.32 Å². The third-order valence-corrected chi connectivity index (χ3v) is 2.80. The van der Waals surface area contributed by atoms with Gasteiger partial charge in [-0.1, -0.05) is 0 Å². The lowest BCUT2D eigenvalue weighted by atomic mass is 9.95. The van der Waals surface area contributed by atoms with Gasteiger partial charge < -0.3 is 14.8 Å². The highest BCUT2D eigenvalue weighted by Gasteiger charge is 2.25. The summed E-state index contributed by atoms with van der Waals surface area (Å²) >= 11 is 0. The largest absolute Gasteiger partial charge is 0.493 e. The summed E-state index contributed by atoms with van der Waals surface area (Å²) < 4.78 is 24.5. The molecular weight excluding hydrogens is 249 g/mol. The van der Waals surface area contributed by atoms with Crippen molar-refractivity contribution in [2.24, 2.45) is 0 Å². The number of rotatable bonds is 6. The zero-order chi connectivity index (χ0) is 14.6. The molecular formula is C14H20FNO3. The minimum atomic E-state index is -1.56. The third-order valence-electron chi connectivity index (χ3n) is 2.80. The zero-order valence-electron chi connectivity index (χ0n) is 12.0. The Balaban J connectivity index is 3.44. The maximum absolute atomic E-state index is 14.1. The fraction of sp³-hybridized carbons (Fsp3) is 0.500. The van der Waals surface area contributed by atoms with Crippen LogP contribution < -0.4 is 14.8 Å². The van der Waals surface area contributed by atoms with Gasteiger partial charge in [-0.15, -0.1) is 0 Å². The smallest absolute Gasteiger partial charge is 0.180 e. The molecule has 0 saturated carbocycles. The number of ether oxygens (including phenoxy) is 2. The second kappa shape index (κ2) is 6.02. The molecule has 0 aliphatic carbocycles. The molecule has 0 bridgehead atoms. The zero-order valence-corrected chi connectivity index (χ0v) is 12.0. The van der Waals surface area contributed by atoms with E-state index in [1.165, 1.54) is 34.1 Å². The van der Waals surface area contributed by atoms with E-state index in [2.05, 4.69) is 5.32 Å². The van der Waals surface area contributed by atoms with Gasteiger partial charge >= 0.3 is 0 Å². The van der Waals surface area contributed by atoms with Gasteiger partial charge in [-0.25, -0.2) is 4.39 Å². The number of carbonyl (C=O) groups excluding carboxylic acids is 1. The van der Waals surface area contributed by atoms with Crippen molar-refractivity contribution >= 4 is 5.78 Å². The summed E-state index contributed by atoms with van der Waals surface area (Å²) in [4.78, 5) is 12.1. The second-order valence-corrected chi connectivity index (χ2v) is 4.69. The van der Waals surface area contributed by atoms with E-state index in [1.807, 2.05) is 0 Å². The molecule has 0 atom stereocenters. The Morgan fingerprint density at radius 2 is 1.95 bits per heavy atom. The van der Waals surface area contributed by atoms with Gasteiger partial charge in [-0.05, 0) is 38.6 Å². The maximum Gasteiger partial charge on any atom is 0.180 e. The molecule has 5 heteroatoms. The maximum atomic E-state index is 14.1. The minimum Gasteiger partial charge on any atom is -0.493 e. The number of ketones is 1. The summed E-state index contributed by atoms with van der Waals surface area (Å²) in [7, 11) is 4.58. The predicted molar refractivity (Wildman–Crippen MR) is 71.9 cm³/mol. The van der Waals surface area contributed by atoms with Gasteiger partial charge in [-0.2, -0.15) is 0 Å². The quantitative estimate of drug-likeness (QED) is 0.805. The van der Waals surface area contributed by atoms with Gasteiger partial charge in [0.25, 0.3) is 0 Å². The molecule has 0 saturated heterocycles. The van der Waals surface area contributed by atoms with Crippen molar-refractivity contribution in [2.75, 3.05) is 27.8 Å². The standard InChI is InChI=1S/C14H20FNO3/c1-14(2,15)9-6-10(11(17)8-16-3)13(19-5)12(7-9)18-4/h6-7,16H,8H2,1-5H3. The van der Waals surface area contributed by atoms with E-state index in [0.717, 1.165) is 0 Å². The van der Waals surface area contributed by atoms with Crippen LogP contribution in [0.2, 0.25) is 0 Å². The highest BCUT2D eigenvalue weighted by Crippen LogP contribution is 2.37. The van der Waals surface area contributed by atoms with Crippen molar-refractivity contribution in [1.29, 1.82) is 0 Å². The lowest BCUT2D eigenvalue weighted by Crippen LogP contribution is -2.20. The summed E-state index contributed by atoms with van der Waals surface area (Å²) in [5, 5.41) is 2.77. The number of halogens is 1. The number of benzene rings is 1. The minimum absolute atomic E-state index is 0.148. The van der Waals surface area contributed by atoms with Crippen molar-refractivity contribution in [2.45, 2.75) is 19.5 Å². The summed E-state index contributed by atoms with van der Waals surface area (Å²) in [6, 6.07) is 3.07. The summed E-state index contributed by atoms with van der Waals surface area (Å²) in [5.41, 5.74) is -0.865. The van der Waals surface area contributed by atoms with Crippen LogP contribution in [-0.2, 0) is 5.67 Å². The number of likely N-dealkylation sites (N-methyl/N-ethyl adjacent to an activating group) is 1. The molecule has 1 aromatic rings. The lowest BCUT2D eigenvalue weighted by Gasteiger charge is -2.19. The summed E-state index contributed by atoms with van der Waals surface area (Å²) in [6.07, 6.45) is 0. The average Bonchev–Trinajstić information content (AvgIpc) is 2.36. The van der Waals surface area contributed by atoms with Crippen molar-refractivity contribution in [3.8, 4) is 11.5 Å². The summed E-state index contributed by atoms with van der Waals surface area (Å²) in [6.45, 7) is 3.01. The molecule has 1 N–H and O–H groups in total. The normalized spacial score (nSPS) is 11.3. The topological polar surface area (TPSA) is 47.6 Å². The van der Waals surface area contributed by atoms with Crippen molar-refractivity contribution < 1.29 is 18.7 Å². The van der Waals surface area contributed by atoms with Crippen molar-refractivity contribution in [3.63, 3.8) is 0 Å². The Hall–Kier alpha value is -1.62. The van der Waals surface area contributed by atoms with E-state index in [9.17, 15) is 9.18 Å². The first kappa shape index (κ1) is 15.4. The lowest BCUT2D eigenvalue weighted by molar-refractivity contribution is 0.0989. The Bertz CT molecular complexity index is 466. The fourth-order valence-electron chi connectivity index (χ4n) is 1.77. The van der Waals surface area contributed by atoms with E-state index >= 15 is 0 Å². The number of hydrogen-bond acceptors (Lipinski definition) is 4. The van der Waals surface area contributed by atoms with Crippen LogP contribution in [0.5, 0.6) is 11.5 Å². The van der Waals surface area contributed by atoms with Crippen LogP contribution in [0, 0.1) is 0 Å². The molecule has 4 nitrogen and oxygen atoms in total. The molecule has 1 rings (SSSR count). The molecule has 106 valence electrons. The molecule has 0 spiro atoms. The molecule has 0 heterocycles. The van der Waals surface area contributed by atoms with E-state index < -0.39 is 5.67 Å². The first-order valence-electron chi connectivity index (χ1n) is 5.98. The fourth-order valence-corrected chi connectivity index (χ4v) is 1.77. The first-order valence-corrected chi connectivity index (χ1v) is 5.98. The first-order chi connectivity index (χ1) is 8.85. The van der Waals surface area contributed by atoms with E-state index in [4.69, 9.17) is 9.47 Å². The number of alkyl halides is 1. The monoisotopic (exact) mass is 269 g/mol. The van der Waals surface area contributed by atoms with Crippen LogP contribution >= 0.6 is 0 Å². The highest BCUT2D eigenvalue weighted by atomic mass is 19.1. The molecule has 0 aliphatic rings. The Labute approximate surface area is 112 Å². The van der Waals surface area contributed by atoms with Crippen LogP contribution in [0.4, 0.5) is 4.39 Å². The van der Waals surface area contributed by atoms with Crippen LogP contribution in [-0.4, -0.2) is 33.6 Å². The van der Waals surface area contributed by atoms with Crippen LogP contribution in [0.15, 0.2) is 12.1 Å². The van der Waals surface area contributed by atoms with Gasteiger partial charge in [-0.3, -0.25) is 4.79 Å². The number of nitrogens with one attached hydrogen (secondary N) is 1. The molecule has 0 aromatic heterocycles. The van der Waals surface area contributed by atoms with Crippen molar-refractivity contribution in [3.05, 3.63) is 23.3 Å². The molecule has 0 aliphatic heterocycles. The SMILES string of the molecule is CNCC(=O)c1cc(C(C)(C)F)cc(OC)c1OC. The van der Waals surface area contributed by atoms with Crippen LogP contribution in [0.1, 0.15) is 29.8 Å². The van der Waals surface area contributed by atoms with E-state index in [-0.39, 0.29) is 12.3 Å². The molecule has 19 heavy (non-hydrogen) atoms. The average molecular weight is 269 g/mol. The summed E-state index contributed by atoms with van der Waals surface area (Å²) in [5.74, 6) is 0.504. The number of methoxy groups -OCH3 is 2. The molecule has 1 aromatic carbocycles. The predicted octanol–water partition coefficient (Wildman–Crippen LogP) is 2.31. The van der Waals surface area contributed by atoms with Gasteiger partial charge in [0.15, 0.2) is 17.3 Å². The van der Waals surface area contributed by atoms with Crippen LogP contribution in [0.3, 0.4) is 0 Å². The molecule has 0 unspecified atom stereocenters. The Kier molecular flexibility index (Phi) is 4.89. The highest BCUT2D eigenvalue weighted by molar-refractivity contribution is 6.01. The van der Waals surface area contributed by atoms with Gasteiger partial charge in [0.1, 0.15) is 5.67 Å². The van der Waals surface area contributed by atoms with Gasteiger partial charge in [0, 0.05) is 0 Å². The van der Waals surface area contributed by atoms with E-state index in [0.29, 0.717) is 22.6 Å². The number of Topliss-reactive ketones (excluding diaryl/α,β-unsaturated/α-hetero) is 1. The van der Waals surface area contributed by atoms with Gasteiger partial charge in [0.05, 0.1) is 26.3 Å². The Morgan fingerprint density at radius 3 is 2.37 bits per heavy atom. The van der Waals surface area contributed by atoms with Crippen LogP contribution in [0.25, 0.3) is 0 Å². The molecule has 0 amide bonds. The second-order valence-electron chi connectivity index (χ2n) is 4.69. The molecule has 0 fully saturated rings. The van der Waals surface area contributed by atoms with Gasteiger partial charge in [0.2, 0.25) is 0 Å². The molecule has 0 radical (unpaired) electrons. The number of hydrogen-bond donors (Lipinski definition) is 1. The number of carbonyl (C=O) groups is 1.